The number of nitrogens with zero attached hydrogens (tertiary/aromatic N) is 3. The standard InChI is InChI=1S/C16H9N3S/c1-2-6-11-10(5-1)9-14-19-15(11)17-18-16(19)12-7-3-4-8-13(12)20-14/h1-9H. The second-order valence-corrected chi connectivity index (χ2v) is 5.91. The second-order valence-electron chi connectivity index (χ2n) is 4.85. The van der Waals surface area contributed by atoms with Gasteiger partial charge < -0.3 is 0 Å². The fraction of sp³-hybridized carbons (Fsp3) is 0. The Bertz CT molecular complexity index is 988. The molecule has 94 valence electrons. The summed E-state index contributed by atoms with van der Waals surface area (Å²) in [7, 11) is 0. The lowest BCUT2D eigenvalue weighted by molar-refractivity contribution is 1.01. The van der Waals surface area contributed by atoms with Crippen molar-refractivity contribution in [2.75, 3.05) is 0 Å². The van der Waals surface area contributed by atoms with E-state index in [0.717, 1.165) is 22.4 Å². The summed E-state index contributed by atoms with van der Waals surface area (Å²) in [5.41, 5.74) is 2.10. The lowest BCUT2D eigenvalue weighted by Crippen LogP contribution is -2.00. The van der Waals surface area contributed by atoms with Crippen LogP contribution >= 0.6 is 11.8 Å². The molecule has 0 fully saturated rings. The molecule has 0 aliphatic carbocycles. The van der Waals surface area contributed by atoms with E-state index in [-0.39, 0.29) is 0 Å². The molecule has 0 saturated heterocycles. The quantitative estimate of drug-likeness (QED) is 0.427. The average molecular weight is 275 g/mol. The van der Waals surface area contributed by atoms with Gasteiger partial charge >= 0.3 is 0 Å². The third-order valence-corrected chi connectivity index (χ3v) is 4.79. The van der Waals surface area contributed by atoms with Crippen molar-refractivity contribution >= 4 is 28.2 Å². The number of pyridine rings is 1. The monoisotopic (exact) mass is 275 g/mol. The number of hydrogen-bond acceptors (Lipinski definition) is 3. The van der Waals surface area contributed by atoms with E-state index in [2.05, 4.69) is 57.1 Å². The first kappa shape index (κ1) is 10.5. The summed E-state index contributed by atoms with van der Waals surface area (Å²) in [5, 5.41) is 12.4. The Balaban J connectivity index is 2.02. The van der Waals surface area contributed by atoms with E-state index >= 15 is 0 Å². The van der Waals surface area contributed by atoms with E-state index in [0.29, 0.717) is 0 Å². The fourth-order valence-corrected chi connectivity index (χ4v) is 3.89. The minimum Gasteiger partial charge on any atom is -0.269 e. The Kier molecular flexibility index (Phi) is 1.89. The van der Waals surface area contributed by atoms with Crippen molar-refractivity contribution in [3.05, 3.63) is 54.6 Å². The number of aromatic nitrogens is 3. The summed E-state index contributed by atoms with van der Waals surface area (Å²) < 4.78 is 2.16. The van der Waals surface area contributed by atoms with Crippen molar-refractivity contribution in [2.45, 2.75) is 9.92 Å². The van der Waals surface area contributed by atoms with Gasteiger partial charge in [0.15, 0.2) is 11.5 Å². The molecular weight excluding hydrogens is 266 g/mol. The summed E-state index contributed by atoms with van der Waals surface area (Å²) in [4.78, 5) is 1.24. The zero-order valence-corrected chi connectivity index (χ0v) is 11.3. The van der Waals surface area contributed by atoms with Crippen LogP contribution in [0, 0.1) is 0 Å². The number of hydrogen-bond donors (Lipinski definition) is 0. The maximum absolute atomic E-state index is 4.42. The van der Waals surface area contributed by atoms with Crippen molar-refractivity contribution in [1.82, 2.24) is 14.6 Å². The zero-order chi connectivity index (χ0) is 13.1. The van der Waals surface area contributed by atoms with Gasteiger partial charge in [0.25, 0.3) is 0 Å². The minimum atomic E-state index is 0.940. The normalized spacial score (nSPS) is 12.8. The molecule has 0 spiro atoms. The average Bonchev–Trinajstić information content (AvgIpc) is 2.94. The van der Waals surface area contributed by atoms with Crippen LogP contribution in [0.15, 0.2) is 64.5 Å². The zero-order valence-electron chi connectivity index (χ0n) is 10.4. The van der Waals surface area contributed by atoms with Crippen molar-refractivity contribution in [2.24, 2.45) is 0 Å². The van der Waals surface area contributed by atoms with E-state index < -0.39 is 0 Å². The highest BCUT2D eigenvalue weighted by Crippen LogP contribution is 2.42. The van der Waals surface area contributed by atoms with Gasteiger partial charge in [-0.3, -0.25) is 4.40 Å². The van der Waals surface area contributed by atoms with E-state index in [1.165, 1.54) is 15.3 Å². The van der Waals surface area contributed by atoms with E-state index in [1.54, 1.807) is 11.8 Å². The molecule has 0 amide bonds. The third kappa shape index (κ3) is 1.22. The number of benzene rings is 2. The van der Waals surface area contributed by atoms with E-state index in [1.807, 2.05) is 12.1 Å². The number of rotatable bonds is 0. The maximum Gasteiger partial charge on any atom is 0.170 e. The highest BCUT2D eigenvalue weighted by Gasteiger charge is 2.22. The summed E-state index contributed by atoms with van der Waals surface area (Å²) in [6, 6.07) is 18.9. The molecule has 4 heteroatoms. The largest absolute Gasteiger partial charge is 0.269 e. The maximum atomic E-state index is 4.42. The molecule has 0 saturated carbocycles. The van der Waals surface area contributed by atoms with Crippen LogP contribution in [0.5, 0.6) is 0 Å². The van der Waals surface area contributed by atoms with Gasteiger partial charge in [0.1, 0.15) is 0 Å². The molecule has 20 heavy (non-hydrogen) atoms. The first-order chi connectivity index (χ1) is 9.92. The first-order valence-electron chi connectivity index (χ1n) is 6.46. The third-order valence-electron chi connectivity index (χ3n) is 3.71. The lowest BCUT2D eigenvalue weighted by atomic mass is 10.1. The van der Waals surface area contributed by atoms with Crippen LogP contribution in [0.2, 0.25) is 0 Å². The molecule has 2 aromatic carbocycles. The second kappa shape index (κ2) is 3.61. The molecule has 0 N–H and O–H groups in total. The summed E-state index contributed by atoms with van der Waals surface area (Å²) in [6.07, 6.45) is 0. The Hall–Kier alpha value is -2.33. The van der Waals surface area contributed by atoms with Crippen LogP contribution < -0.4 is 0 Å². The predicted molar refractivity (Wildman–Crippen MR) is 80.1 cm³/mol. The first-order valence-corrected chi connectivity index (χ1v) is 7.27. The van der Waals surface area contributed by atoms with Crippen molar-refractivity contribution in [3.8, 4) is 11.4 Å². The molecule has 3 heterocycles. The van der Waals surface area contributed by atoms with Gasteiger partial charge in [-0.25, -0.2) is 0 Å². The smallest absolute Gasteiger partial charge is 0.170 e. The molecule has 3 nitrogen and oxygen atoms in total. The SMILES string of the molecule is c1ccc2c(c1)Sc1cc3ccccc3c3nnc-2n13. The van der Waals surface area contributed by atoms with E-state index in [4.69, 9.17) is 0 Å². The van der Waals surface area contributed by atoms with Crippen LogP contribution in [0.1, 0.15) is 0 Å². The highest BCUT2D eigenvalue weighted by atomic mass is 32.2. The van der Waals surface area contributed by atoms with Crippen LogP contribution in [0.4, 0.5) is 0 Å². The molecule has 0 radical (unpaired) electrons. The fourth-order valence-electron chi connectivity index (χ4n) is 2.79. The van der Waals surface area contributed by atoms with Gasteiger partial charge in [-0.05, 0) is 17.5 Å². The lowest BCUT2D eigenvalue weighted by Gasteiger charge is -2.17. The van der Waals surface area contributed by atoms with Gasteiger partial charge in [0.05, 0.1) is 5.03 Å². The van der Waals surface area contributed by atoms with E-state index in [9.17, 15) is 0 Å². The molecule has 2 aromatic heterocycles. The van der Waals surface area contributed by atoms with Crippen molar-refractivity contribution in [1.29, 1.82) is 0 Å². The Morgan fingerprint density at radius 2 is 1.75 bits per heavy atom. The summed E-state index contributed by atoms with van der Waals surface area (Å²) >= 11 is 1.78. The van der Waals surface area contributed by atoms with Gasteiger partial charge in [-0.2, -0.15) is 0 Å². The van der Waals surface area contributed by atoms with Crippen LogP contribution in [0.25, 0.3) is 27.8 Å². The molecular formula is C16H9N3S. The number of fused-ring (bicyclic) bond motifs is 4. The molecule has 0 unspecified atom stereocenters. The molecule has 0 bridgehead atoms. The topological polar surface area (TPSA) is 30.2 Å². The molecule has 1 aliphatic heterocycles. The summed E-state index contributed by atoms with van der Waals surface area (Å²) in [5.74, 6) is 0.940. The Morgan fingerprint density at radius 3 is 2.75 bits per heavy atom. The van der Waals surface area contributed by atoms with Crippen LogP contribution in [-0.2, 0) is 0 Å². The Labute approximate surface area is 119 Å². The molecule has 1 aliphatic rings. The van der Waals surface area contributed by atoms with Gasteiger partial charge in [0, 0.05) is 15.8 Å². The highest BCUT2D eigenvalue weighted by molar-refractivity contribution is 7.99. The van der Waals surface area contributed by atoms with Crippen molar-refractivity contribution < 1.29 is 0 Å². The van der Waals surface area contributed by atoms with Crippen LogP contribution in [-0.4, -0.2) is 14.6 Å². The molecule has 5 rings (SSSR count). The molecule has 0 atom stereocenters. The predicted octanol–water partition coefficient (Wildman–Crippen LogP) is 4.01. The van der Waals surface area contributed by atoms with Gasteiger partial charge in [0.2, 0.25) is 0 Å². The Morgan fingerprint density at radius 1 is 0.900 bits per heavy atom. The van der Waals surface area contributed by atoms with Gasteiger partial charge in [-0.15, -0.1) is 10.2 Å². The van der Waals surface area contributed by atoms with Crippen LogP contribution in [0.3, 0.4) is 0 Å². The van der Waals surface area contributed by atoms with Gasteiger partial charge in [-0.1, -0.05) is 54.2 Å². The minimum absolute atomic E-state index is 0.940. The van der Waals surface area contributed by atoms with Crippen molar-refractivity contribution in [3.63, 3.8) is 0 Å². The summed E-state index contributed by atoms with van der Waals surface area (Å²) in [6.45, 7) is 0. The molecule has 4 aromatic rings.